The lowest BCUT2D eigenvalue weighted by atomic mass is 10.0. The number of nitrogens with one attached hydrogen (secondary N) is 2. The van der Waals surface area contributed by atoms with Gasteiger partial charge in [-0.1, -0.05) is 54.6 Å². The Morgan fingerprint density at radius 2 is 1.77 bits per heavy atom. The molecule has 26 heavy (non-hydrogen) atoms. The molecule has 5 nitrogen and oxygen atoms in total. The second kappa shape index (κ2) is 10.6. The minimum Gasteiger partial charge on any atom is -0.396 e. The number of aliphatic hydroxyl groups excluding tert-OH is 1. The highest BCUT2D eigenvalue weighted by molar-refractivity contribution is 5.79. The average molecular weight is 354 g/mol. The Morgan fingerprint density at radius 1 is 1.04 bits per heavy atom. The molecule has 2 aromatic carbocycles. The first-order valence-electron chi connectivity index (χ1n) is 8.95. The Morgan fingerprint density at radius 3 is 2.42 bits per heavy atom. The number of benzene rings is 2. The number of aliphatic hydroxyl groups is 1. The van der Waals surface area contributed by atoms with E-state index in [0.29, 0.717) is 13.1 Å². The molecule has 0 spiro atoms. The van der Waals surface area contributed by atoms with E-state index in [1.165, 1.54) is 11.1 Å². The Hall–Kier alpha value is -2.37. The van der Waals surface area contributed by atoms with Crippen LogP contribution in [0.2, 0.25) is 0 Å². The predicted octanol–water partition coefficient (Wildman–Crippen LogP) is 2.19. The number of aliphatic imine (C=N–C) groups is 1. The first kappa shape index (κ1) is 19.9. The molecule has 0 heterocycles. The van der Waals surface area contributed by atoms with Crippen LogP contribution in [0.3, 0.4) is 0 Å². The van der Waals surface area contributed by atoms with Crippen LogP contribution in [0.1, 0.15) is 22.6 Å². The van der Waals surface area contributed by atoms with Gasteiger partial charge in [0.05, 0.1) is 6.61 Å². The third kappa shape index (κ3) is 6.50. The second-order valence-electron chi connectivity index (χ2n) is 6.65. The molecule has 0 radical (unpaired) electrons. The molecule has 0 aliphatic rings. The first-order chi connectivity index (χ1) is 12.6. The summed E-state index contributed by atoms with van der Waals surface area (Å²) in [6.07, 6.45) is 0. The van der Waals surface area contributed by atoms with E-state index in [1.807, 2.05) is 30.3 Å². The van der Waals surface area contributed by atoms with Gasteiger partial charge in [-0.15, -0.1) is 0 Å². The van der Waals surface area contributed by atoms with Gasteiger partial charge in [0, 0.05) is 32.6 Å². The molecular formula is C21H30N4O. The van der Waals surface area contributed by atoms with Crippen LogP contribution in [0.5, 0.6) is 0 Å². The maximum atomic E-state index is 9.67. The number of guanidine groups is 1. The Balaban J connectivity index is 1.88. The van der Waals surface area contributed by atoms with E-state index in [-0.39, 0.29) is 12.5 Å². The molecule has 0 aliphatic heterocycles. The van der Waals surface area contributed by atoms with Crippen molar-refractivity contribution < 1.29 is 5.11 Å². The summed E-state index contributed by atoms with van der Waals surface area (Å²) >= 11 is 0. The number of nitrogens with zero attached hydrogens (tertiary/aromatic N) is 2. The van der Waals surface area contributed by atoms with E-state index in [4.69, 9.17) is 0 Å². The van der Waals surface area contributed by atoms with Crippen molar-refractivity contribution >= 4 is 5.96 Å². The van der Waals surface area contributed by atoms with Gasteiger partial charge in [0.25, 0.3) is 0 Å². The average Bonchev–Trinajstić information content (AvgIpc) is 2.65. The molecule has 0 bridgehead atoms. The summed E-state index contributed by atoms with van der Waals surface area (Å²) in [6.45, 7) is 2.35. The summed E-state index contributed by atoms with van der Waals surface area (Å²) < 4.78 is 0. The van der Waals surface area contributed by atoms with Crippen LogP contribution in [0.4, 0.5) is 0 Å². The highest BCUT2D eigenvalue weighted by atomic mass is 16.3. The number of rotatable bonds is 8. The van der Waals surface area contributed by atoms with Crippen LogP contribution in [0.15, 0.2) is 59.6 Å². The maximum Gasteiger partial charge on any atom is 0.191 e. The van der Waals surface area contributed by atoms with Gasteiger partial charge in [0.2, 0.25) is 0 Å². The van der Waals surface area contributed by atoms with Gasteiger partial charge in [-0.05, 0) is 30.8 Å². The van der Waals surface area contributed by atoms with Crippen molar-refractivity contribution in [3.63, 3.8) is 0 Å². The van der Waals surface area contributed by atoms with E-state index < -0.39 is 0 Å². The maximum absolute atomic E-state index is 9.67. The molecular weight excluding hydrogens is 324 g/mol. The minimum absolute atomic E-state index is 0.0400. The SMILES string of the molecule is CN=C(NCc1cccc(CN(C)C)c1)NCC(CO)c1ccccc1. The molecule has 0 saturated heterocycles. The van der Waals surface area contributed by atoms with Crippen LogP contribution in [-0.2, 0) is 13.1 Å². The van der Waals surface area contributed by atoms with Crippen molar-refractivity contribution in [2.24, 2.45) is 4.99 Å². The van der Waals surface area contributed by atoms with E-state index in [1.54, 1.807) is 7.05 Å². The fourth-order valence-electron chi connectivity index (χ4n) is 2.84. The van der Waals surface area contributed by atoms with Crippen LogP contribution in [0.25, 0.3) is 0 Å². The molecule has 2 rings (SSSR count). The van der Waals surface area contributed by atoms with Crippen molar-refractivity contribution in [1.29, 1.82) is 0 Å². The standard InChI is InChI=1S/C21H30N4O/c1-22-21(24-14-20(16-26)19-10-5-4-6-11-19)23-13-17-8-7-9-18(12-17)15-25(2)3/h4-12,20,26H,13-16H2,1-3H3,(H2,22,23,24). The van der Waals surface area contributed by atoms with Crippen LogP contribution in [0, 0.1) is 0 Å². The second-order valence-corrected chi connectivity index (χ2v) is 6.65. The van der Waals surface area contributed by atoms with Crippen molar-refractivity contribution in [3.05, 3.63) is 71.3 Å². The smallest absolute Gasteiger partial charge is 0.191 e. The van der Waals surface area contributed by atoms with E-state index in [2.05, 4.69) is 58.9 Å². The zero-order valence-corrected chi connectivity index (χ0v) is 15.9. The molecule has 0 aromatic heterocycles. The van der Waals surface area contributed by atoms with E-state index in [0.717, 1.165) is 18.1 Å². The lowest BCUT2D eigenvalue weighted by molar-refractivity contribution is 0.265. The summed E-state index contributed by atoms with van der Waals surface area (Å²) in [5, 5.41) is 16.3. The topological polar surface area (TPSA) is 59.9 Å². The summed E-state index contributed by atoms with van der Waals surface area (Å²) in [6, 6.07) is 18.6. The van der Waals surface area contributed by atoms with Crippen molar-refractivity contribution in [2.45, 2.75) is 19.0 Å². The van der Waals surface area contributed by atoms with Gasteiger partial charge in [-0.25, -0.2) is 0 Å². The molecule has 1 atom stereocenters. The Labute approximate surface area is 156 Å². The third-order valence-electron chi connectivity index (χ3n) is 4.18. The highest BCUT2D eigenvalue weighted by Crippen LogP contribution is 2.13. The molecule has 1 unspecified atom stereocenters. The van der Waals surface area contributed by atoms with Gasteiger partial charge >= 0.3 is 0 Å². The zero-order chi connectivity index (χ0) is 18.8. The molecule has 2 aromatic rings. The van der Waals surface area contributed by atoms with Gasteiger partial charge < -0.3 is 20.6 Å². The van der Waals surface area contributed by atoms with E-state index >= 15 is 0 Å². The molecule has 0 aliphatic carbocycles. The third-order valence-corrected chi connectivity index (χ3v) is 4.18. The molecule has 0 amide bonds. The highest BCUT2D eigenvalue weighted by Gasteiger charge is 2.10. The van der Waals surface area contributed by atoms with Gasteiger partial charge in [0.1, 0.15) is 0 Å². The number of hydrogen-bond donors (Lipinski definition) is 3. The lowest BCUT2D eigenvalue weighted by Crippen LogP contribution is -2.39. The Kier molecular flexibility index (Phi) is 8.12. The summed E-state index contributed by atoms with van der Waals surface area (Å²) in [7, 11) is 5.90. The van der Waals surface area contributed by atoms with Crippen molar-refractivity contribution in [2.75, 3.05) is 34.3 Å². The van der Waals surface area contributed by atoms with Gasteiger partial charge in [-0.2, -0.15) is 0 Å². The number of hydrogen-bond acceptors (Lipinski definition) is 3. The molecule has 0 fully saturated rings. The van der Waals surface area contributed by atoms with Crippen molar-refractivity contribution in [1.82, 2.24) is 15.5 Å². The van der Waals surface area contributed by atoms with Crippen LogP contribution < -0.4 is 10.6 Å². The predicted molar refractivity (Wildman–Crippen MR) is 108 cm³/mol. The quantitative estimate of drug-likeness (QED) is 0.502. The fraction of sp³-hybridized carbons (Fsp3) is 0.381. The van der Waals surface area contributed by atoms with Gasteiger partial charge in [-0.3, -0.25) is 4.99 Å². The molecule has 0 saturated carbocycles. The first-order valence-corrected chi connectivity index (χ1v) is 8.95. The summed E-state index contributed by atoms with van der Waals surface area (Å²) in [4.78, 5) is 6.44. The molecule has 5 heteroatoms. The molecule has 140 valence electrons. The normalized spacial score (nSPS) is 12.9. The van der Waals surface area contributed by atoms with Crippen LogP contribution in [-0.4, -0.2) is 50.3 Å². The summed E-state index contributed by atoms with van der Waals surface area (Å²) in [5.74, 6) is 0.774. The minimum atomic E-state index is 0.0400. The monoisotopic (exact) mass is 354 g/mol. The fourth-order valence-corrected chi connectivity index (χ4v) is 2.84. The summed E-state index contributed by atoms with van der Waals surface area (Å²) in [5.41, 5.74) is 3.63. The Bertz CT molecular complexity index is 685. The lowest BCUT2D eigenvalue weighted by Gasteiger charge is -2.18. The molecule has 3 N–H and O–H groups in total. The van der Waals surface area contributed by atoms with Crippen molar-refractivity contribution in [3.8, 4) is 0 Å². The van der Waals surface area contributed by atoms with Crippen LogP contribution >= 0.6 is 0 Å². The van der Waals surface area contributed by atoms with E-state index in [9.17, 15) is 5.11 Å². The van der Waals surface area contributed by atoms with Gasteiger partial charge in [0.15, 0.2) is 5.96 Å². The largest absolute Gasteiger partial charge is 0.396 e. The zero-order valence-electron chi connectivity index (χ0n) is 15.9.